The minimum Gasteiger partial charge on any atom is -0.374 e. The molecule has 1 saturated heterocycles. The highest BCUT2D eigenvalue weighted by Crippen LogP contribution is 2.42. The molecular formula is C63H62O8. The van der Waals surface area contributed by atoms with Gasteiger partial charge in [0.05, 0.1) is 52.9 Å². The fourth-order valence-corrected chi connectivity index (χ4v) is 9.05. The third kappa shape index (κ3) is 13.7. The van der Waals surface area contributed by atoms with E-state index in [1.165, 1.54) is 0 Å². The molecule has 1 heterocycles. The Morgan fingerprint density at radius 2 is 0.662 bits per heavy atom. The van der Waals surface area contributed by atoms with Crippen LogP contribution in [0.1, 0.15) is 44.5 Å². The van der Waals surface area contributed by atoms with Crippen LogP contribution in [0.2, 0.25) is 0 Å². The smallest absolute Gasteiger partial charge is 0.187 e. The van der Waals surface area contributed by atoms with E-state index < -0.39 is 42.4 Å². The molecule has 9 rings (SSSR count). The van der Waals surface area contributed by atoms with Crippen molar-refractivity contribution in [1.29, 1.82) is 0 Å². The fraction of sp³-hybridized carbons (Fsp3) is 0.238. The van der Waals surface area contributed by atoms with Crippen LogP contribution in [0.4, 0.5) is 0 Å². The zero-order chi connectivity index (χ0) is 48.2. The zero-order valence-electron chi connectivity index (χ0n) is 40.0. The van der Waals surface area contributed by atoms with Gasteiger partial charge in [-0.3, -0.25) is 0 Å². The summed E-state index contributed by atoms with van der Waals surface area (Å²) in [6.45, 7) is 2.16. The van der Waals surface area contributed by atoms with Gasteiger partial charge in [0.15, 0.2) is 6.29 Å². The first kappa shape index (κ1) is 49.4. The molecule has 5 atom stereocenters. The van der Waals surface area contributed by atoms with E-state index in [-0.39, 0.29) is 39.6 Å². The Bertz CT molecular complexity index is 2540. The number of rotatable bonds is 25. The second-order valence-corrected chi connectivity index (χ2v) is 17.7. The highest BCUT2D eigenvalue weighted by Gasteiger charge is 2.51. The first-order valence-corrected chi connectivity index (χ1v) is 24.5. The quantitative estimate of drug-likeness (QED) is 0.0525. The Balaban J connectivity index is 1.11. The molecule has 71 heavy (non-hydrogen) atoms. The fourth-order valence-electron chi connectivity index (χ4n) is 9.05. The van der Waals surface area contributed by atoms with Crippen LogP contribution in [0, 0.1) is 0 Å². The van der Waals surface area contributed by atoms with Crippen LogP contribution in [0.15, 0.2) is 243 Å². The number of ether oxygens (including phenoxy) is 8. The lowest BCUT2D eigenvalue weighted by Gasteiger charge is -2.47. The van der Waals surface area contributed by atoms with Gasteiger partial charge in [-0.25, -0.2) is 0 Å². The van der Waals surface area contributed by atoms with Gasteiger partial charge in [-0.1, -0.05) is 243 Å². The summed E-state index contributed by atoms with van der Waals surface area (Å²) in [5.41, 5.74) is 6.97. The highest BCUT2D eigenvalue weighted by molar-refractivity contribution is 5.47. The minimum atomic E-state index is -1.05. The molecule has 0 N–H and O–H groups in total. The maximum atomic E-state index is 7.56. The lowest BCUT2D eigenvalue weighted by molar-refractivity contribution is -0.341. The summed E-state index contributed by atoms with van der Waals surface area (Å²) in [6, 6.07) is 81.8. The maximum Gasteiger partial charge on any atom is 0.187 e. The van der Waals surface area contributed by atoms with Gasteiger partial charge in [0, 0.05) is 0 Å². The van der Waals surface area contributed by atoms with Gasteiger partial charge in [0.1, 0.15) is 36.1 Å². The second kappa shape index (κ2) is 26.1. The van der Waals surface area contributed by atoms with Crippen LogP contribution in [0.25, 0.3) is 0 Å². The van der Waals surface area contributed by atoms with E-state index in [9.17, 15) is 0 Å². The van der Waals surface area contributed by atoms with E-state index in [4.69, 9.17) is 37.9 Å². The Kier molecular flexibility index (Phi) is 18.1. The molecule has 0 amide bonds. The number of benzene rings is 8. The van der Waals surface area contributed by atoms with Crippen molar-refractivity contribution in [1.82, 2.24) is 0 Å². The van der Waals surface area contributed by atoms with Crippen molar-refractivity contribution in [2.24, 2.45) is 0 Å². The molecule has 8 aromatic carbocycles. The van der Waals surface area contributed by atoms with E-state index in [0.29, 0.717) is 13.2 Å². The summed E-state index contributed by atoms with van der Waals surface area (Å²) in [5, 5.41) is 0. The molecule has 362 valence electrons. The largest absolute Gasteiger partial charge is 0.374 e. The van der Waals surface area contributed by atoms with Crippen LogP contribution in [0.3, 0.4) is 0 Å². The van der Waals surface area contributed by atoms with E-state index in [1.807, 2.05) is 158 Å². The molecule has 8 heteroatoms. The molecular weight excluding hydrogens is 885 g/mol. The van der Waals surface area contributed by atoms with Crippen molar-refractivity contribution < 1.29 is 37.9 Å². The molecule has 8 nitrogen and oxygen atoms in total. The van der Waals surface area contributed by atoms with Crippen LogP contribution >= 0.6 is 0 Å². The lowest BCUT2D eigenvalue weighted by Crippen LogP contribution is -2.62. The second-order valence-electron chi connectivity index (χ2n) is 17.7. The molecule has 0 unspecified atom stereocenters. The van der Waals surface area contributed by atoms with Crippen molar-refractivity contribution >= 4 is 0 Å². The third-order valence-electron chi connectivity index (χ3n) is 12.6. The lowest BCUT2D eigenvalue weighted by atomic mass is 9.80. The molecule has 0 saturated carbocycles. The Hall–Kier alpha value is -6.56. The average molecular weight is 947 g/mol. The van der Waals surface area contributed by atoms with Gasteiger partial charge in [-0.05, 0) is 44.5 Å². The van der Waals surface area contributed by atoms with Gasteiger partial charge >= 0.3 is 0 Å². The third-order valence-corrected chi connectivity index (χ3v) is 12.6. The van der Waals surface area contributed by atoms with Crippen LogP contribution in [0.5, 0.6) is 0 Å². The van der Waals surface area contributed by atoms with Gasteiger partial charge in [-0.2, -0.15) is 0 Å². The SMILES string of the molecule is c1ccc(COCC(COCc2ccccc2)O[C@@H]2O[C@H](COC(c3ccccc3)(c3ccccc3)c3ccccc3)[C@H](OCc3ccccc3)[C@H](OCc3ccccc3)[C@H]2OCc2ccccc2)cc1. The number of hydrogen-bond donors (Lipinski definition) is 0. The summed E-state index contributed by atoms with van der Waals surface area (Å²) in [5.74, 6) is 0. The first-order valence-electron chi connectivity index (χ1n) is 24.5. The first-order chi connectivity index (χ1) is 35.2. The maximum absolute atomic E-state index is 7.56. The molecule has 1 fully saturated rings. The van der Waals surface area contributed by atoms with Gasteiger partial charge in [-0.15, -0.1) is 0 Å². The summed E-state index contributed by atoms with van der Waals surface area (Å²) >= 11 is 0. The molecule has 0 aliphatic carbocycles. The predicted octanol–water partition coefficient (Wildman–Crippen LogP) is 12.3. The molecule has 1 aliphatic rings. The van der Waals surface area contributed by atoms with Crippen LogP contribution in [-0.4, -0.2) is 56.6 Å². The molecule has 0 aromatic heterocycles. The molecule has 0 radical (unpaired) electrons. The van der Waals surface area contributed by atoms with E-state index in [2.05, 4.69) is 84.9 Å². The summed E-state index contributed by atoms with van der Waals surface area (Å²) in [4.78, 5) is 0. The summed E-state index contributed by atoms with van der Waals surface area (Å²) < 4.78 is 56.2. The van der Waals surface area contributed by atoms with Crippen molar-refractivity contribution in [3.05, 3.63) is 287 Å². The Morgan fingerprint density at radius 3 is 1.03 bits per heavy atom. The summed E-state index contributed by atoms with van der Waals surface area (Å²) in [6.07, 6.45) is -4.52. The Morgan fingerprint density at radius 1 is 0.352 bits per heavy atom. The zero-order valence-corrected chi connectivity index (χ0v) is 40.0. The topological polar surface area (TPSA) is 73.8 Å². The normalized spacial score (nSPS) is 18.1. The molecule has 0 bridgehead atoms. The molecule has 0 spiro atoms. The molecule has 8 aromatic rings. The van der Waals surface area contributed by atoms with E-state index in [1.54, 1.807) is 0 Å². The van der Waals surface area contributed by atoms with Crippen molar-refractivity contribution in [2.75, 3.05) is 19.8 Å². The van der Waals surface area contributed by atoms with Crippen molar-refractivity contribution in [3.8, 4) is 0 Å². The standard InChI is InChI=1S/C63H62O8/c1-9-25-49(26-10-1)41-64-46-57(47-65-42-50-27-11-2-12-28-50)70-62-61(68-45-53-33-17-5-18-34-53)60(67-44-52-31-15-4-16-32-52)59(66-43-51-29-13-3-14-30-51)58(71-62)48-69-63(54-35-19-6-20-36-54,55-37-21-7-22-38-55)56-39-23-8-24-40-56/h1-40,57-62H,41-48H2/t58-,59+,60+,61-,62-/m1/s1. The number of hydrogen-bond acceptors (Lipinski definition) is 8. The average Bonchev–Trinajstić information content (AvgIpc) is 3.44. The van der Waals surface area contributed by atoms with Gasteiger partial charge < -0.3 is 37.9 Å². The Labute approximate surface area is 418 Å². The van der Waals surface area contributed by atoms with Crippen LogP contribution < -0.4 is 0 Å². The molecule has 1 aliphatic heterocycles. The monoisotopic (exact) mass is 946 g/mol. The highest BCUT2D eigenvalue weighted by atomic mass is 16.7. The van der Waals surface area contributed by atoms with Crippen molar-refractivity contribution in [2.45, 2.75) is 75.4 Å². The van der Waals surface area contributed by atoms with Gasteiger partial charge in [0.25, 0.3) is 0 Å². The van der Waals surface area contributed by atoms with E-state index in [0.717, 1.165) is 44.5 Å². The van der Waals surface area contributed by atoms with E-state index >= 15 is 0 Å². The van der Waals surface area contributed by atoms with Crippen molar-refractivity contribution in [3.63, 3.8) is 0 Å². The predicted molar refractivity (Wildman–Crippen MR) is 276 cm³/mol. The van der Waals surface area contributed by atoms with Crippen LogP contribution in [-0.2, 0) is 76.5 Å². The van der Waals surface area contributed by atoms with Gasteiger partial charge in [0.2, 0.25) is 0 Å². The minimum absolute atomic E-state index is 0.0777. The summed E-state index contributed by atoms with van der Waals surface area (Å²) in [7, 11) is 0.